The highest BCUT2D eigenvalue weighted by atomic mass is 32.1. The Balaban J connectivity index is 5.10. The first-order chi connectivity index (χ1) is 12.5. The zero-order valence-electron chi connectivity index (χ0n) is 15.4. The number of carboxylic acids is 1. The number of nitrogens with one attached hydrogen (secondary N) is 3. The molecule has 0 aliphatic carbocycles. The number of aliphatic hydroxyl groups excluding tert-OH is 2. The second kappa shape index (κ2) is 11.7. The number of hydrogen-bond acceptors (Lipinski definition) is 8. The van der Waals surface area contributed by atoms with Gasteiger partial charge < -0.3 is 37.0 Å². The van der Waals surface area contributed by atoms with Gasteiger partial charge in [0.15, 0.2) is 0 Å². The van der Waals surface area contributed by atoms with E-state index in [1.807, 2.05) is 5.32 Å². The van der Waals surface area contributed by atoms with Crippen molar-refractivity contribution in [1.29, 1.82) is 0 Å². The minimum atomic E-state index is -1.55. The summed E-state index contributed by atoms with van der Waals surface area (Å²) in [4.78, 5) is 47.3. The smallest absolute Gasteiger partial charge is 0.328 e. The van der Waals surface area contributed by atoms with Crippen LogP contribution in [0.15, 0.2) is 0 Å². The van der Waals surface area contributed by atoms with Crippen molar-refractivity contribution >= 4 is 36.3 Å². The molecule has 0 aromatic carbocycles. The van der Waals surface area contributed by atoms with Crippen LogP contribution in [0.4, 0.5) is 0 Å². The number of aliphatic hydroxyl groups is 2. The monoisotopic (exact) mass is 408 g/mol. The summed E-state index contributed by atoms with van der Waals surface area (Å²) in [5, 5.41) is 34.2. The van der Waals surface area contributed by atoms with E-state index < -0.39 is 60.6 Å². The molecule has 0 bridgehead atoms. The maximum Gasteiger partial charge on any atom is 0.328 e. The highest BCUT2D eigenvalue weighted by Crippen LogP contribution is 2.02. The summed E-state index contributed by atoms with van der Waals surface area (Å²) in [6.45, 7) is 3.85. The molecule has 0 aromatic rings. The first-order valence-electron chi connectivity index (χ1n) is 8.25. The summed E-state index contributed by atoms with van der Waals surface area (Å²) in [6.07, 6.45) is -1.29. The van der Waals surface area contributed by atoms with Crippen LogP contribution < -0.4 is 21.7 Å². The van der Waals surface area contributed by atoms with E-state index in [0.29, 0.717) is 0 Å². The van der Waals surface area contributed by atoms with Gasteiger partial charge in [0.05, 0.1) is 18.8 Å². The lowest BCUT2D eigenvalue weighted by Crippen LogP contribution is -2.60. The topological polar surface area (TPSA) is 191 Å². The first-order valence-corrected chi connectivity index (χ1v) is 8.88. The van der Waals surface area contributed by atoms with Crippen molar-refractivity contribution in [3.8, 4) is 0 Å². The molecule has 3 amide bonds. The molecule has 0 aliphatic rings. The van der Waals surface area contributed by atoms with Gasteiger partial charge in [0.2, 0.25) is 17.7 Å². The molecule has 0 aromatic heterocycles. The van der Waals surface area contributed by atoms with Crippen LogP contribution in [0.2, 0.25) is 0 Å². The third-order valence-corrected chi connectivity index (χ3v) is 4.06. The van der Waals surface area contributed by atoms with Crippen molar-refractivity contribution in [2.24, 2.45) is 11.7 Å². The molecule has 0 spiro atoms. The van der Waals surface area contributed by atoms with Gasteiger partial charge >= 0.3 is 5.97 Å². The third kappa shape index (κ3) is 8.12. The van der Waals surface area contributed by atoms with Crippen LogP contribution in [0.1, 0.15) is 20.8 Å². The molecule has 0 saturated heterocycles. The number of rotatable bonds is 11. The summed E-state index contributed by atoms with van der Waals surface area (Å²) < 4.78 is 0. The number of aliphatic carboxylic acids is 1. The third-order valence-electron chi connectivity index (χ3n) is 3.70. The van der Waals surface area contributed by atoms with E-state index in [4.69, 9.17) is 15.9 Å². The number of hydrogen-bond donors (Lipinski definition) is 8. The minimum absolute atomic E-state index is 0.193. The highest BCUT2D eigenvalue weighted by molar-refractivity contribution is 7.80. The van der Waals surface area contributed by atoms with Crippen LogP contribution in [-0.4, -0.2) is 81.6 Å². The molecule has 0 aliphatic heterocycles. The van der Waals surface area contributed by atoms with E-state index in [1.54, 1.807) is 13.8 Å². The van der Waals surface area contributed by atoms with Gasteiger partial charge in [0.25, 0.3) is 0 Å². The van der Waals surface area contributed by atoms with Crippen LogP contribution in [0.5, 0.6) is 0 Å². The Hall–Kier alpha value is -1.89. The van der Waals surface area contributed by atoms with Crippen LogP contribution in [0.3, 0.4) is 0 Å². The molecule has 0 fully saturated rings. The van der Waals surface area contributed by atoms with Gasteiger partial charge in [-0.3, -0.25) is 14.4 Å². The lowest BCUT2D eigenvalue weighted by Gasteiger charge is -2.26. The summed E-state index contributed by atoms with van der Waals surface area (Å²) in [5.74, 6) is -4.27. The SMILES string of the molecule is CC(C)C(N)C(=O)NC(C(=O)NC(CS)C(=O)NC(CO)C(=O)O)C(C)O. The van der Waals surface area contributed by atoms with Crippen molar-refractivity contribution in [2.45, 2.75) is 51.0 Å². The van der Waals surface area contributed by atoms with E-state index in [9.17, 15) is 24.3 Å². The lowest BCUT2D eigenvalue weighted by molar-refractivity contribution is -0.143. The fourth-order valence-electron chi connectivity index (χ4n) is 1.87. The predicted octanol–water partition coefficient (Wildman–Crippen LogP) is -3.19. The number of carbonyl (C=O) groups excluding carboxylic acids is 3. The average molecular weight is 408 g/mol. The molecule has 27 heavy (non-hydrogen) atoms. The lowest BCUT2D eigenvalue weighted by atomic mass is 10.0. The van der Waals surface area contributed by atoms with Gasteiger partial charge in [-0.15, -0.1) is 0 Å². The Morgan fingerprint density at radius 1 is 0.963 bits per heavy atom. The molecule has 0 saturated carbocycles. The van der Waals surface area contributed by atoms with E-state index in [1.165, 1.54) is 6.92 Å². The fourth-order valence-corrected chi connectivity index (χ4v) is 2.13. The maximum atomic E-state index is 12.4. The van der Waals surface area contributed by atoms with Gasteiger partial charge in [-0.05, 0) is 12.8 Å². The van der Waals surface area contributed by atoms with Crippen LogP contribution >= 0.6 is 12.6 Å². The molecular formula is C15H28N4O7S. The first kappa shape index (κ1) is 25.1. The zero-order chi connectivity index (χ0) is 21.3. The Morgan fingerprint density at radius 3 is 1.85 bits per heavy atom. The number of thiol groups is 1. The van der Waals surface area contributed by atoms with Gasteiger partial charge in [0.1, 0.15) is 18.1 Å². The maximum absolute atomic E-state index is 12.4. The fraction of sp³-hybridized carbons (Fsp3) is 0.733. The van der Waals surface area contributed by atoms with Crippen molar-refractivity contribution in [3.05, 3.63) is 0 Å². The summed E-state index contributed by atoms with van der Waals surface area (Å²) in [7, 11) is 0. The second-order valence-corrected chi connectivity index (χ2v) is 6.69. The Bertz CT molecular complexity index is 544. The zero-order valence-corrected chi connectivity index (χ0v) is 16.3. The predicted molar refractivity (Wildman–Crippen MR) is 98.9 cm³/mol. The summed E-state index contributed by atoms with van der Waals surface area (Å²) >= 11 is 3.93. The Kier molecular flexibility index (Phi) is 10.9. The average Bonchev–Trinajstić information content (AvgIpc) is 2.59. The van der Waals surface area contributed by atoms with Gasteiger partial charge in [0, 0.05) is 5.75 Å². The van der Waals surface area contributed by atoms with Gasteiger partial charge in [-0.2, -0.15) is 12.6 Å². The molecular weight excluding hydrogens is 380 g/mol. The molecule has 8 N–H and O–H groups in total. The molecule has 0 radical (unpaired) electrons. The largest absolute Gasteiger partial charge is 0.480 e. The van der Waals surface area contributed by atoms with E-state index in [0.717, 1.165) is 0 Å². The van der Waals surface area contributed by atoms with Crippen LogP contribution in [0, 0.1) is 5.92 Å². The van der Waals surface area contributed by atoms with E-state index >= 15 is 0 Å². The van der Waals surface area contributed by atoms with Crippen molar-refractivity contribution < 1.29 is 34.5 Å². The molecule has 0 heterocycles. The number of carbonyl (C=O) groups is 4. The normalized spacial score (nSPS) is 16.6. The number of amides is 3. The van der Waals surface area contributed by atoms with Crippen molar-refractivity contribution in [1.82, 2.24) is 16.0 Å². The molecule has 156 valence electrons. The van der Waals surface area contributed by atoms with E-state index in [2.05, 4.69) is 23.3 Å². The van der Waals surface area contributed by atoms with Crippen LogP contribution in [0.25, 0.3) is 0 Å². The highest BCUT2D eigenvalue weighted by Gasteiger charge is 2.32. The Labute approximate surface area is 162 Å². The van der Waals surface area contributed by atoms with Crippen molar-refractivity contribution in [3.63, 3.8) is 0 Å². The molecule has 5 unspecified atom stereocenters. The molecule has 5 atom stereocenters. The number of carboxylic acid groups (broad SMARTS) is 1. The van der Waals surface area contributed by atoms with Crippen molar-refractivity contribution in [2.75, 3.05) is 12.4 Å². The number of nitrogens with two attached hydrogens (primary N) is 1. The summed E-state index contributed by atoms with van der Waals surface area (Å²) in [6, 6.07) is -5.09. The van der Waals surface area contributed by atoms with Crippen LogP contribution in [-0.2, 0) is 19.2 Å². The molecule has 11 nitrogen and oxygen atoms in total. The molecule has 12 heteroatoms. The quantitative estimate of drug-likeness (QED) is 0.164. The standard InChI is InChI=1S/C15H28N4O7S/c1-6(2)10(16)13(23)19-11(7(3)21)14(24)18-9(5-27)12(22)17-8(4-20)15(25)26/h6-11,20-21,27H,4-5,16H2,1-3H3,(H,17,22)(H,18,24)(H,19,23)(H,25,26). The summed E-state index contributed by atoms with van der Waals surface area (Å²) in [5.41, 5.74) is 5.70. The van der Waals surface area contributed by atoms with Gasteiger partial charge in [-0.1, -0.05) is 13.8 Å². The van der Waals surface area contributed by atoms with E-state index in [-0.39, 0.29) is 11.7 Å². The minimum Gasteiger partial charge on any atom is -0.480 e. The second-order valence-electron chi connectivity index (χ2n) is 6.32. The van der Waals surface area contributed by atoms with Gasteiger partial charge in [-0.25, -0.2) is 4.79 Å². The Morgan fingerprint density at radius 2 is 1.48 bits per heavy atom. The molecule has 0 rings (SSSR count).